The molecule has 6 heteroatoms. The van der Waals surface area contributed by atoms with E-state index >= 15 is 0 Å². The Morgan fingerprint density at radius 1 is 0.850 bits per heavy atom. The summed E-state index contributed by atoms with van der Waals surface area (Å²) >= 11 is 0. The number of benzene rings is 1. The molecule has 2 N–H and O–H groups in total. The molecule has 0 spiro atoms. The number of rotatable bonds is 4. The van der Waals surface area contributed by atoms with E-state index in [2.05, 4.69) is 21.1 Å². The predicted molar refractivity (Wildman–Crippen MR) is 78.9 cm³/mol. The number of nitrogens with one attached hydrogen (secondary N) is 2. The first-order valence-electron chi connectivity index (χ1n) is 6.12. The van der Waals surface area contributed by atoms with E-state index in [9.17, 15) is 9.59 Å². The number of amides is 2. The zero-order valence-corrected chi connectivity index (χ0v) is 12.0. The van der Waals surface area contributed by atoms with Crippen LogP contribution in [0.2, 0.25) is 0 Å². The van der Waals surface area contributed by atoms with Gasteiger partial charge in [-0.05, 0) is 45.9 Å². The number of hydrogen-bond acceptors (Lipinski definition) is 4. The topological polar surface area (TPSA) is 82.9 Å². The van der Waals surface area contributed by atoms with Crippen LogP contribution in [0.15, 0.2) is 34.5 Å². The van der Waals surface area contributed by atoms with Crippen LogP contribution in [0.1, 0.15) is 48.4 Å². The summed E-state index contributed by atoms with van der Waals surface area (Å²) in [5.41, 5.74) is 7.00. The quantitative estimate of drug-likeness (QED) is 0.649. The monoisotopic (exact) mass is 274 g/mol. The third-order valence-electron chi connectivity index (χ3n) is 2.15. The van der Waals surface area contributed by atoms with E-state index in [1.807, 2.05) is 0 Å². The first-order chi connectivity index (χ1) is 9.40. The SMILES string of the molecule is CC(C)=NNC(=O)c1cccc(C(=O)NN=C(C)C)c1. The van der Waals surface area contributed by atoms with Crippen molar-refractivity contribution in [3.63, 3.8) is 0 Å². The Morgan fingerprint density at radius 3 is 1.60 bits per heavy atom. The molecule has 1 aromatic carbocycles. The number of carbonyl (C=O) groups excluding carboxylic acids is 2. The van der Waals surface area contributed by atoms with Gasteiger partial charge < -0.3 is 0 Å². The highest BCUT2D eigenvalue weighted by Gasteiger charge is 2.09. The molecule has 106 valence electrons. The fourth-order valence-electron chi connectivity index (χ4n) is 1.26. The molecule has 0 saturated carbocycles. The van der Waals surface area contributed by atoms with Gasteiger partial charge in [0.05, 0.1) is 0 Å². The summed E-state index contributed by atoms with van der Waals surface area (Å²) < 4.78 is 0. The normalized spacial score (nSPS) is 9.40. The summed E-state index contributed by atoms with van der Waals surface area (Å²) in [6.07, 6.45) is 0. The number of hydrazone groups is 2. The molecule has 6 nitrogen and oxygen atoms in total. The third-order valence-corrected chi connectivity index (χ3v) is 2.15. The first-order valence-corrected chi connectivity index (χ1v) is 6.12. The van der Waals surface area contributed by atoms with Gasteiger partial charge in [0.25, 0.3) is 11.8 Å². The van der Waals surface area contributed by atoms with Crippen molar-refractivity contribution >= 4 is 23.2 Å². The summed E-state index contributed by atoms with van der Waals surface area (Å²) in [6, 6.07) is 6.35. The molecule has 0 unspecified atom stereocenters. The zero-order chi connectivity index (χ0) is 15.1. The highest BCUT2D eigenvalue weighted by atomic mass is 16.2. The van der Waals surface area contributed by atoms with Gasteiger partial charge in [-0.1, -0.05) is 6.07 Å². The second-order valence-corrected chi connectivity index (χ2v) is 4.58. The molecule has 1 aromatic rings. The van der Waals surface area contributed by atoms with E-state index in [1.54, 1.807) is 45.9 Å². The second-order valence-electron chi connectivity index (χ2n) is 4.58. The van der Waals surface area contributed by atoms with Crippen LogP contribution in [0.5, 0.6) is 0 Å². The molecule has 2 amide bonds. The molecule has 0 aromatic heterocycles. The van der Waals surface area contributed by atoms with Gasteiger partial charge in [0, 0.05) is 22.6 Å². The van der Waals surface area contributed by atoms with E-state index < -0.39 is 0 Å². The molecule has 0 fully saturated rings. The number of hydrogen-bond donors (Lipinski definition) is 2. The Hall–Kier alpha value is -2.50. The first kappa shape index (κ1) is 15.6. The van der Waals surface area contributed by atoms with Crippen molar-refractivity contribution in [3.8, 4) is 0 Å². The lowest BCUT2D eigenvalue weighted by atomic mass is 10.1. The van der Waals surface area contributed by atoms with Crippen molar-refractivity contribution in [1.82, 2.24) is 10.9 Å². The lowest BCUT2D eigenvalue weighted by Gasteiger charge is -2.04. The minimum Gasteiger partial charge on any atom is -0.267 e. The Kier molecular flexibility index (Phi) is 5.58. The minimum atomic E-state index is -0.365. The largest absolute Gasteiger partial charge is 0.271 e. The van der Waals surface area contributed by atoms with E-state index in [1.165, 1.54) is 6.07 Å². The average molecular weight is 274 g/mol. The number of carbonyl (C=O) groups is 2. The summed E-state index contributed by atoms with van der Waals surface area (Å²) in [4.78, 5) is 23.6. The molecule has 1 rings (SSSR count). The lowest BCUT2D eigenvalue weighted by Crippen LogP contribution is -2.21. The summed E-state index contributed by atoms with van der Waals surface area (Å²) in [5.74, 6) is -0.730. The van der Waals surface area contributed by atoms with Crippen LogP contribution in [0, 0.1) is 0 Å². The molecule has 20 heavy (non-hydrogen) atoms. The number of nitrogens with zero attached hydrogens (tertiary/aromatic N) is 2. The van der Waals surface area contributed by atoms with Crippen molar-refractivity contribution in [1.29, 1.82) is 0 Å². The molecule has 0 aliphatic carbocycles. The Labute approximate surface area is 118 Å². The third kappa shape index (κ3) is 5.01. The summed E-state index contributed by atoms with van der Waals surface area (Å²) in [7, 11) is 0. The van der Waals surface area contributed by atoms with Crippen molar-refractivity contribution in [2.24, 2.45) is 10.2 Å². The lowest BCUT2D eigenvalue weighted by molar-refractivity contribution is 0.0954. The molecular weight excluding hydrogens is 256 g/mol. The highest BCUT2D eigenvalue weighted by molar-refractivity contribution is 6.00. The molecule has 0 heterocycles. The average Bonchev–Trinajstić information content (AvgIpc) is 2.42. The zero-order valence-electron chi connectivity index (χ0n) is 12.0. The molecule has 0 saturated heterocycles. The van der Waals surface area contributed by atoms with Crippen LogP contribution < -0.4 is 10.9 Å². The van der Waals surface area contributed by atoms with Crippen molar-refractivity contribution in [2.45, 2.75) is 27.7 Å². The van der Waals surface area contributed by atoms with Gasteiger partial charge >= 0.3 is 0 Å². The van der Waals surface area contributed by atoms with E-state index in [0.29, 0.717) is 11.1 Å². The highest BCUT2D eigenvalue weighted by Crippen LogP contribution is 2.05. The second kappa shape index (κ2) is 7.18. The van der Waals surface area contributed by atoms with Gasteiger partial charge in [-0.2, -0.15) is 10.2 Å². The van der Waals surface area contributed by atoms with E-state index in [0.717, 1.165) is 11.4 Å². The van der Waals surface area contributed by atoms with Crippen LogP contribution in [0.4, 0.5) is 0 Å². The van der Waals surface area contributed by atoms with Crippen LogP contribution in [0.3, 0.4) is 0 Å². The Balaban J connectivity index is 2.85. The minimum absolute atomic E-state index is 0.361. The van der Waals surface area contributed by atoms with Gasteiger partial charge in [0.2, 0.25) is 0 Å². The van der Waals surface area contributed by atoms with Crippen molar-refractivity contribution in [3.05, 3.63) is 35.4 Å². The van der Waals surface area contributed by atoms with Crippen molar-refractivity contribution in [2.75, 3.05) is 0 Å². The van der Waals surface area contributed by atoms with E-state index in [4.69, 9.17) is 0 Å². The van der Waals surface area contributed by atoms with Gasteiger partial charge in [-0.15, -0.1) is 0 Å². The molecule has 0 aliphatic rings. The molecule has 0 aliphatic heterocycles. The molecular formula is C14H18N4O2. The Morgan fingerprint density at radius 2 is 1.25 bits per heavy atom. The van der Waals surface area contributed by atoms with Crippen molar-refractivity contribution < 1.29 is 9.59 Å². The predicted octanol–water partition coefficient (Wildman–Crippen LogP) is 1.94. The Bertz CT molecular complexity index is 521. The van der Waals surface area contributed by atoms with Gasteiger partial charge in [0.15, 0.2) is 0 Å². The van der Waals surface area contributed by atoms with Crippen LogP contribution >= 0.6 is 0 Å². The van der Waals surface area contributed by atoms with Gasteiger partial charge in [-0.3, -0.25) is 9.59 Å². The van der Waals surface area contributed by atoms with Crippen LogP contribution in [-0.4, -0.2) is 23.2 Å². The summed E-state index contributed by atoms with van der Waals surface area (Å²) in [5, 5.41) is 7.66. The molecule has 0 radical (unpaired) electrons. The van der Waals surface area contributed by atoms with Gasteiger partial charge in [-0.25, -0.2) is 10.9 Å². The maximum Gasteiger partial charge on any atom is 0.271 e. The van der Waals surface area contributed by atoms with Gasteiger partial charge in [0.1, 0.15) is 0 Å². The maximum atomic E-state index is 11.8. The fraction of sp³-hybridized carbons (Fsp3) is 0.286. The fourth-order valence-corrected chi connectivity index (χ4v) is 1.26. The van der Waals surface area contributed by atoms with Crippen LogP contribution in [0.25, 0.3) is 0 Å². The molecule has 0 bridgehead atoms. The molecule has 0 atom stereocenters. The summed E-state index contributed by atoms with van der Waals surface area (Å²) in [6.45, 7) is 7.09. The standard InChI is InChI=1S/C14H18N4O2/c1-9(2)15-17-13(19)11-6-5-7-12(8-11)14(20)18-16-10(3)4/h5-8H,1-4H3,(H,17,19)(H,18,20). The van der Waals surface area contributed by atoms with Crippen LogP contribution in [-0.2, 0) is 0 Å². The smallest absolute Gasteiger partial charge is 0.267 e. The van der Waals surface area contributed by atoms with E-state index in [-0.39, 0.29) is 11.8 Å². The maximum absolute atomic E-state index is 11.8.